The minimum absolute atomic E-state index is 1.05. The minimum atomic E-state index is 1.05. The number of aryl methyl sites for hydroxylation is 1. The van der Waals surface area contributed by atoms with Gasteiger partial charge in [0.2, 0.25) is 5.69 Å². The van der Waals surface area contributed by atoms with Gasteiger partial charge in [-0.3, -0.25) is 0 Å². The van der Waals surface area contributed by atoms with E-state index in [1.54, 1.807) is 16.7 Å². The van der Waals surface area contributed by atoms with Crippen molar-refractivity contribution in [2.75, 3.05) is 0 Å². The molecule has 150 valence electrons. The van der Waals surface area contributed by atoms with Gasteiger partial charge in [-0.15, -0.1) is 0 Å². The summed E-state index contributed by atoms with van der Waals surface area (Å²) in [6.07, 6.45) is 17.4. The molecule has 2 aliphatic rings. The molecule has 0 fully saturated rings. The fraction of sp³-hybridized carbons (Fsp3) is 0.464. The van der Waals surface area contributed by atoms with Crippen LogP contribution in [0.15, 0.2) is 42.6 Å². The van der Waals surface area contributed by atoms with Crippen LogP contribution in [0.3, 0.4) is 0 Å². The van der Waals surface area contributed by atoms with Gasteiger partial charge in [-0.1, -0.05) is 63.3 Å². The van der Waals surface area contributed by atoms with Gasteiger partial charge >= 0.3 is 0 Å². The molecule has 1 nitrogen and oxygen atoms in total. The predicted molar refractivity (Wildman–Crippen MR) is 122 cm³/mol. The summed E-state index contributed by atoms with van der Waals surface area (Å²) in [5.41, 5.74) is 9.57. The van der Waals surface area contributed by atoms with Crippen LogP contribution in [-0.2, 0) is 25.8 Å². The number of hydrogen-bond donors (Lipinski definition) is 0. The van der Waals surface area contributed by atoms with Crippen molar-refractivity contribution in [1.82, 2.24) is 0 Å². The van der Waals surface area contributed by atoms with Crippen molar-refractivity contribution in [2.45, 2.75) is 84.1 Å². The zero-order chi connectivity index (χ0) is 19.6. The van der Waals surface area contributed by atoms with Crippen molar-refractivity contribution >= 4 is 10.8 Å². The van der Waals surface area contributed by atoms with Crippen LogP contribution in [0.1, 0.15) is 80.5 Å². The van der Waals surface area contributed by atoms with Crippen molar-refractivity contribution in [3.63, 3.8) is 0 Å². The Labute approximate surface area is 175 Å². The second-order valence-electron chi connectivity index (χ2n) is 9.17. The van der Waals surface area contributed by atoms with E-state index in [1.165, 1.54) is 98.2 Å². The summed E-state index contributed by atoms with van der Waals surface area (Å²) < 4.78 is 2.58. The number of pyridine rings is 1. The fourth-order valence-electron chi connectivity index (χ4n) is 5.60. The van der Waals surface area contributed by atoms with E-state index in [0.717, 1.165) is 6.54 Å². The topological polar surface area (TPSA) is 3.88 Å². The number of nitrogens with zero attached hydrogens (tertiary/aromatic N) is 1. The molecule has 0 atom stereocenters. The first-order valence-corrected chi connectivity index (χ1v) is 11.9. The maximum absolute atomic E-state index is 2.58. The summed E-state index contributed by atoms with van der Waals surface area (Å²) in [5, 5.41) is 2.75. The van der Waals surface area contributed by atoms with Crippen LogP contribution in [-0.4, -0.2) is 0 Å². The third-order valence-electron chi connectivity index (χ3n) is 7.11. The molecule has 0 spiro atoms. The summed E-state index contributed by atoms with van der Waals surface area (Å²) >= 11 is 0. The number of rotatable bonds is 7. The number of benzene rings is 2. The molecule has 1 aliphatic carbocycles. The standard InChI is InChI=1S/C28H34N/c1-2-3-4-5-6-7-14-23-19-29-20-24-17-21-12-8-9-13-22(21)18-27(24)28(29)26-16-11-10-15-25(23)26/h8-9,12-13,17-19H,2-7,10-11,14-16,20H2,1H3/q+1. The molecule has 0 saturated carbocycles. The summed E-state index contributed by atoms with van der Waals surface area (Å²) in [5.74, 6) is 0. The Morgan fingerprint density at radius 2 is 1.55 bits per heavy atom. The average Bonchev–Trinajstić information content (AvgIpc) is 3.11. The molecular weight excluding hydrogens is 350 g/mol. The molecule has 1 aromatic heterocycles. The Morgan fingerprint density at radius 1 is 0.828 bits per heavy atom. The van der Waals surface area contributed by atoms with Gasteiger partial charge in [-0.25, -0.2) is 0 Å². The maximum Gasteiger partial charge on any atom is 0.216 e. The first-order chi connectivity index (χ1) is 14.3. The van der Waals surface area contributed by atoms with Crippen LogP contribution in [0.5, 0.6) is 0 Å². The molecule has 3 aromatic rings. The molecule has 0 bridgehead atoms. The molecule has 29 heavy (non-hydrogen) atoms. The predicted octanol–water partition coefficient (Wildman–Crippen LogP) is 6.94. The SMILES string of the molecule is CCCCCCCCc1c[n+]2c(c3c1CCCC3)-c1cc3ccccc3cc1C2. The Balaban J connectivity index is 1.47. The highest BCUT2D eigenvalue weighted by Gasteiger charge is 2.33. The molecule has 0 N–H and O–H groups in total. The largest absolute Gasteiger partial charge is 0.216 e. The normalized spacial score (nSPS) is 14.7. The third-order valence-corrected chi connectivity index (χ3v) is 7.11. The van der Waals surface area contributed by atoms with Crippen molar-refractivity contribution in [3.8, 4) is 11.3 Å². The maximum atomic E-state index is 2.58. The zero-order valence-corrected chi connectivity index (χ0v) is 18.0. The number of hydrogen-bond acceptors (Lipinski definition) is 0. The summed E-state index contributed by atoms with van der Waals surface area (Å²) in [6.45, 7) is 3.35. The first-order valence-electron chi connectivity index (χ1n) is 11.9. The van der Waals surface area contributed by atoms with Crippen LogP contribution < -0.4 is 4.57 Å². The summed E-state index contributed by atoms with van der Waals surface area (Å²) in [4.78, 5) is 0. The Bertz CT molecular complexity index is 1030. The first kappa shape index (κ1) is 18.9. The van der Waals surface area contributed by atoms with E-state index in [4.69, 9.17) is 0 Å². The van der Waals surface area contributed by atoms with Gasteiger partial charge in [0.25, 0.3) is 0 Å². The Hall–Kier alpha value is -2.15. The number of aromatic nitrogens is 1. The van der Waals surface area contributed by atoms with Crippen molar-refractivity contribution in [1.29, 1.82) is 0 Å². The molecule has 1 aliphatic heterocycles. The van der Waals surface area contributed by atoms with E-state index in [-0.39, 0.29) is 0 Å². The summed E-state index contributed by atoms with van der Waals surface area (Å²) in [6, 6.07) is 13.7. The average molecular weight is 385 g/mol. The highest BCUT2D eigenvalue weighted by Crippen LogP contribution is 2.38. The molecule has 2 aromatic carbocycles. The second kappa shape index (κ2) is 8.30. The molecule has 1 heteroatoms. The lowest BCUT2D eigenvalue weighted by Gasteiger charge is -2.19. The molecule has 0 amide bonds. The molecule has 0 radical (unpaired) electrons. The van der Waals surface area contributed by atoms with Gasteiger partial charge in [0.1, 0.15) is 0 Å². The molecule has 5 rings (SSSR count). The van der Waals surface area contributed by atoms with E-state index in [2.05, 4.69) is 54.1 Å². The highest BCUT2D eigenvalue weighted by molar-refractivity contribution is 5.89. The third kappa shape index (κ3) is 3.61. The van der Waals surface area contributed by atoms with Crippen LogP contribution >= 0.6 is 0 Å². The molecule has 2 heterocycles. The lowest BCUT2D eigenvalue weighted by molar-refractivity contribution is -0.672. The zero-order valence-electron chi connectivity index (χ0n) is 18.0. The second-order valence-corrected chi connectivity index (χ2v) is 9.17. The lowest BCUT2D eigenvalue weighted by atomic mass is 9.85. The minimum Gasteiger partial charge on any atom is -0.193 e. The fourth-order valence-corrected chi connectivity index (χ4v) is 5.60. The molecular formula is C28H34N+. The van der Waals surface area contributed by atoms with Crippen molar-refractivity contribution < 1.29 is 4.57 Å². The van der Waals surface area contributed by atoms with Gasteiger partial charge in [0.05, 0.1) is 5.56 Å². The van der Waals surface area contributed by atoms with E-state index in [0.29, 0.717) is 0 Å². The van der Waals surface area contributed by atoms with E-state index in [1.807, 2.05) is 0 Å². The van der Waals surface area contributed by atoms with E-state index in [9.17, 15) is 0 Å². The van der Waals surface area contributed by atoms with Gasteiger partial charge < -0.3 is 0 Å². The Kier molecular flexibility index (Phi) is 5.40. The van der Waals surface area contributed by atoms with Gasteiger partial charge in [0.15, 0.2) is 12.7 Å². The monoisotopic (exact) mass is 384 g/mol. The van der Waals surface area contributed by atoms with Crippen molar-refractivity contribution in [2.24, 2.45) is 0 Å². The smallest absolute Gasteiger partial charge is 0.193 e. The van der Waals surface area contributed by atoms with E-state index < -0.39 is 0 Å². The highest BCUT2D eigenvalue weighted by atomic mass is 15.0. The van der Waals surface area contributed by atoms with Gasteiger partial charge in [-0.2, -0.15) is 4.57 Å². The van der Waals surface area contributed by atoms with Crippen molar-refractivity contribution in [3.05, 3.63) is 64.8 Å². The molecule has 0 saturated heterocycles. The van der Waals surface area contributed by atoms with E-state index >= 15 is 0 Å². The lowest BCUT2D eigenvalue weighted by Crippen LogP contribution is -2.35. The van der Waals surface area contributed by atoms with Crippen LogP contribution in [0.4, 0.5) is 0 Å². The number of unbranched alkanes of at least 4 members (excludes halogenated alkanes) is 5. The van der Waals surface area contributed by atoms with Gasteiger partial charge in [0, 0.05) is 16.7 Å². The quantitative estimate of drug-likeness (QED) is 0.240. The molecule has 0 unspecified atom stereocenters. The summed E-state index contributed by atoms with van der Waals surface area (Å²) in [7, 11) is 0. The van der Waals surface area contributed by atoms with Crippen LogP contribution in [0.25, 0.3) is 22.0 Å². The Morgan fingerprint density at radius 3 is 2.38 bits per heavy atom. The van der Waals surface area contributed by atoms with Crippen LogP contribution in [0, 0.1) is 0 Å². The van der Waals surface area contributed by atoms with Crippen LogP contribution in [0.2, 0.25) is 0 Å². The van der Waals surface area contributed by atoms with Gasteiger partial charge in [-0.05, 0) is 67.0 Å². The number of fused-ring (bicyclic) bond motifs is 6.